The summed E-state index contributed by atoms with van der Waals surface area (Å²) >= 11 is 0. The summed E-state index contributed by atoms with van der Waals surface area (Å²) in [6, 6.07) is 0. The van der Waals surface area contributed by atoms with Crippen LogP contribution in [-0.4, -0.2) is 44.3 Å². The third-order valence-corrected chi connectivity index (χ3v) is 11.8. The van der Waals surface area contributed by atoms with E-state index in [4.69, 9.17) is 9.05 Å². The van der Waals surface area contributed by atoms with Gasteiger partial charge in [-0.1, -0.05) is 183 Å². The zero-order valence-corrected chi connectivity index (χ0v) is 34.7. The maximum Gasteiger partial charge on any atom is 0.405 e. The number of hydrogen-bond donors (Lipinski definition) is 1. The minimum atomic E-state index is -3.41. The van der Waals surface area contributed by atoms with Crippen molar-refractivity contribution < 1.29 is 13.6 Å². The quantitative estimate of drug-likeness (QED) is 0.0509. The van der Waals surface area contributed by atoms with Crippen LogP contribution in [0.25, 0.3) is 0 Å². The minimum absolute atomic E-state index is 0.463. The van der Waals surface area contributed by atoms with E-state index in [2.05, 4.69) is 51.5 Å². The zero-order valence-electron chi connectivity index (χ0n) is 33.8. The highest BCUT2D eigenvalue weighted by molar-refractivity contribution is 7.51. The molecule has 0 aromatic rings. The average molecular weight is 701 g/mol. The summed E-state index contributed by atoms with van der Waals surface area (Å²) in [4.78, 5) is 2.54. The number of unbranched alkanes of at least 4 members (excludes halogenated alkanes) is 18. The lowest BCUT2D eigenvalue weighted by Crippen LogP contribution is -2.33. The average Bonchev–Trinajstić information content (AvgIpc) is 3.09. The van der Waals surface area contributed by atoms with E-state index in [-0.39, 0.29) is 0 Å². The van der Waals surface area contributed by atoms with Crippen LogP contribution in [0.1, 0.15) is 221 Å². The molecule has 6 heteroatoms. The van der Waals surface area contributed by atoms with Crippen molar-refractivity contribution in [1.29, 1.82) is 0 Å². The molecule has 0 heterocycles. The monoisotopic (exact) mass is 701 g/mol. The zero-order chi connectivity index (χ0) is 35.4. The summed E-state index contributed by atoms with van der Waals surface area (Å²) < 4.78 is 27.4. The molecule has 48 heavy (non-hydrogen) atoms. The molecule has 0 saturated heterocycles. The van der Waals surface area contributed by atoms with E-state index in [1.807, 2.05) is 0 Å². The highest BCUT2D eigenvalue weighted by Crippen LogP contribution is 2.45. The normalized spacial score (nSPS) is 14.5. The van der Waals surface area contributed by atoms with E-state index in [0.29, 0.717) is 31.6 Å². The summed E-state index contributed by atoms with van der Waals surface area (Å²) in [6.45, 7) is 18.6. The number of nitrogens with zero attached hydrogens (tertiary/aromatic N) is 1. The Morgan fingerprint density at radius 3 is 1.10 bits per heavy atom. The molecule has 0 amide bonds. The van der Waals surface area contributed by atoms with Gasteiger partial charge < -0.3 is 4.90 Å². The summed E-state index contributed by atoms with van der Waals surface area (Å²) in [7, 11) is -3.41. The summed E-state index contributed by atoms with van der Waals surface area (Å²) in [5, 5.41) is 3.39. The topological polar surface area (TPSA) is 50.8 Å². The van der Waals surface area contributed by atoms with Gasteiger partial charge in [-0.3, -0.25) is 9.05 Å². The smallest absolute Gasteiger partial charge is 0.302 e. The second kappa shape index (κ2) is 36.8. The molecule has 2 atom stereocenters. The summed E-state index contributed by atoms with van der Waals surface area (Å²) in [6.07, 6.45) is 35.6. The van der Waals surface area contributed by atoms with Crippen LogP contribution in [0, 0.1) is 11.8 Å². The first-order valence-corrected chi connectivity index (χ1v) is 23.4. The fourth-order valence-electron chi connectivity index (χ4n) is 6.75. The van der Waals surface area contributed by atoms with Crippen LogP contribution in [0.4, 0.5) is 0 Å². The number of nitrogens with one attached hydrogen (secondary N) is 1. The summed E-state index contributed by atoms with van der Waals surface area (Å²) in [5.74, 6) is 0.927. The van der Waals surface area contributed by atoms with Crippen molar-refractivity contribution in [1.82, 2.24) is 9.99 Å². The van der Waals surface area contributed by atoms with Crippen molar-refractivity contribution in [2.45, 2.75) is 221 Å². The molecule has 1 N–H and O–H groups in total. The maximum absolute atomic E-state index is 14.5. The lowest BCUT2D eigenvalue weighted by atomic mass is 9.95. The fraction of sp³-hybridized carbons (Fsp3) is 1.00. The van der Waals surface area contributed by atoms with Gasteiger partial charge in [-0.2, -0.15) is 0 Å². The Morgan fingerprint density at radius 1 is 0.438 bits per heavy atom. The molecule has 2 unspecified atom stereocenters. The van der Waals surface area contributed by atoms with Crippen LogP contribution >= 0.6 is 7.75 Å². The van der Waals surface area contributed by atoms with Crippen LogP contribution in [0.2, 0.25) is 0 Å². The Bertz CT molecular complexity index is 631. The Hall–Kier alpha value is 0.0700. The van der Waals surface area contributed by atoms with Crippen molar-refractivity contribution in [3.05, 3.63) is 0 Å². The van der Waals surface area contributed by atoms with Gasteiger partial charge in [0.1, 0.15) is 0 Å². The van der Waals surface area contributed by atoms with Gasteiger partial charge in [-0.15, -0.1) is 0 Å². The molecule has 0 aromatic carbocycles. The first-order chi connectivity index (χ1) is 23.5. The SMILES string of the molecule is CCCCCCCCC(CCCCCC)COP(=O)(NCCN(CCCC)CCCC)OCC(CCCCCC)CCCCCCCC. The van der Waals surface area contributed by atoms with Crippen molar-refractivity contribution in [3.8, 4) is 0 Å². The molecule has 0 aliphatic heterocycles. The predicted molar refractivity (Wildman–Crippen MR) is 214 cm³/mol. The van der Waals surface area contributed by atoms with Crippen molar-refractivity contribution in [2.75, 3.05) is 39.4 Å². The molecule has 290 valence electrons. The maximum atomic E-state index is 14.5. The highest BCUT2D eigenvalue weighted by atomic mass is 31.2. The summed E-state index contributed by atoms with van der Waals surface area (Å²) in [5.41, 5.74) is 0. The van der Waals surface area contributed by atoms with Crippen LogP contribution in [0.15, 0.2) is 0 Å². The molecular formula is C42H89N2O3P. The molecule has 0 radical (unpaired) electrons. The lowest BCUT2D eigenvalue weighted by molar-refractivity contribution is 0.139. The van der Waals surface area contributed by atoms with Crippen molar-refractivity contribution >= 4 is 7.75 Å². The molecule has 0 fully saturated rings. The molecule has 0 aromatic heterocycles. The standard InChI is InChI=1S/C42H89N2O3P/c1-7-13-19-23-25-29-33-41(31-27-21-15-9-3)39-46-48(45,43-35-38-44(36-17-11-5)37-18-12-6)47-40-42(32-28-22-16-10-4)34-30-26-24-20-14-8-2/h41-42H,7-40H2,1-6H3,(H,43,45). The van der Waals surface area contributed by atoms with Crippen LogP contribution in [0.3, 0.4) is 0 Å². The highest BCUT2D eigenvalue weighted by Gasteiger charge is 2.28. The Morgan fingerprint density at radius 2 is 0.750 bits per heavy atom. The molecule has 0 aliphatic rings. The van der Waals surface area contributed by atoms with Crippen LogP contribution < -0.4 is 5.09 Å². The van der Waals surface area contributed by atoms with Crippen LogP contribution in [0.5, 0.6) is 0 Å². The van der Waals surface area contributed by atoms with E-state index in [0.717, 1.165) is 19.6 Å². The van der Waals surface area contributed by atoms with E-state index in [9.17, 15) is 4.57 Å². The van der Waals surface area contributed by atoms with Gasteiger partial charge in [-0.05, 0) is 63.5 Å². The second-order valence-electron chi connectivity index (χ2n) is 15.1. The Balaban J connectivity index is 5.53. The predicted octanol–water partition coefficient (Wildman–Crippen LogP) is 14.3. The second-order valence-corrected chi connectivity index (χ2v) is 16.9. The lowest BCUT2D eigenvalue weighted by Gasteiger charge is -2.27. The van der Waals surface area contributed by atoms with Crippen molar-refractivity contribution in [2.24, 2.45) is 11.8 Å². The molecule has 0 saturated carbocycles. The first-order valence-electron chi connectivity index (χ1n) is 21.8. The van der Waals surface area contributed by atoms with E-state index in [1.165, 1.54) is 180 Å². The minimum Gasteiger partial charge on any atom is -0.302 e. The largest absolute Gasteiger partial charge is 0.405 e. The molecule has 0 aliphatic carbocycles. The molecular weight excluding hydrogens is 611 g/mol. The van der Waals surface area contributed by atoms with Gasteiger partial charge >= 0.3 is 7.75 Å². The van der Waals surface area contributed by atoms with Crippen LogP contribution in [-0.2, 0) is 13.6 Å². The van der Waals surface area contributed by atoms with Gasteiger partial charge in [0.25, 0.3) is 0 Å². The first kappa shape index (κ1) is 48.1. The molecule has 0 spiro atoms. The van der Waals surface area contributed by atoms with Gasteiger partial charge in [0.15, 0.2) is 0 Å². The van der Waals surface area contributed by atoms with Gasteiger partial charge in [0, 0.05) is 13.1 Å². The van der Waals surface area contributed by atoms with E-state index in [1.54, 1.807) is 0 Å². The van der Waals surface area contributed by atoms with Gasteiger partial charge in [0.05, 0.1) is 13.2 Å². The Kier molecular flexibility index (Phi) is 36.9. The fourth-order valence-corrected chi connectivity index (χ4v) is 8.19. The molecule has 0 rings (SSSR count). The number of rotatable bonds is 40. The molecule has 0 bridgehead atoms. The van der Waals surface area contributed by atoms with Gasteiger partial charge in [-0.25, -0.2) is 9.65 Å². The van der Waals surface area contributed by atoms with E-state index < -0.39 is 7.75 Å². The number of hydrogen-bond acceptors (Lipinski definition) is 4. The third-order valence-electron chi connectivity index (χ3n) is 10.2. The van der Waals surface area contributed by atoms with E-state index >= 15 is 0 Å². The molecule has 5 nitrogen and oxygen atoms in total. The third kappa shape index (κ3) is 30.9. The van der Waals surface area contributed by atoms with Crippen molar-refractivity contribution in [3.63, 3.8) is 0 Å². The van der Waals surface area contributed by atoms with Gasteiger partial charge in [0.2, 0.25) is 0 Å². The Labute approximate surface area is 303 Å².